The summed E-state index contributed by atoms with van der Waals surface area (Å²) >= 11 is 0. The van der Waals surface area contributed by atoms with E-state index in [0.29, 0.717) is 12.8 Å². The molecule has 29 heavy (non-hydrogen) atoms. The van der Waals surface area contributed by atoms with Crippen LogP contribution in [-0.2, 0) is 23.9 Å². The molecule has 0 saturated carbocycles. The van der Waals surface area contributed by atoms with Gasteiger partial charge in [-0.2, -0.15) is 0 Å². The normalized spacial score (nSPS) is 12.6. The highest BCUT2D eigenvalue weighted by atomic mass is 33.1. The minimum atomic E-state index is -0.750. The quantitative estimate of drug-likeness (QED) is 0.0702. The summed E-state index contributed by atoms with van der Waals surface area (Å²) in [5.74, 6) is -2.16. The molecule has 0 unspecified atom stereocenters. The van der Waals surface area contributed by atoms with Gasteiger partial charge in [-0.15, -0.1) is 0 Å². The number of carbonyl (C=O) groups is 3. The second-order valence-corrected chi connectivity index (χ2v) is 13.5. The lowest BCUT2D eigenvalue weighted by Gasteiger charge is -2.21. The highest BCUT2D eigenvalue weighted by molar-refractivity contribution is 8.77. The Hall–Kier alpha value is -0.520. The summed E-state index contributed by atoms with van der Waals surface area (Å²) in [6.07, 6.45) is 5.04. The number of nitrogens with zero attached hydrogens (tertiary/aromatic N) is 1. The maximum atomic E-state index is 11.9. The van der Waals surface area contributed by atoms with Crippen LogP contribution in [0.3, 0.4) is 0 Å². The Morgan fingerprint density at radius 2 is 1.17 bits per heavy atom. The molecule has 7 nitrogen and oxygen atoms in total. The minimum absolute atomic E-state index is 0.0952. The van der Waals surface area contributed by atoms with Gasteiger partial charge in [0.25, 0.3) is 0 Å². The number of hydrogen-bond acceptors (Lipinski definition) is 11. The van der Waals surface area contributed by atoms with Crippen LogP contribution in [0.15, 0.2) is 5.16 Å². The lowest BCUT2D eigenvalue weighted by molar-refractivity contribution is -0.159. The largest absolute Gasteiger partial charge is 0.408 e. The van der Waals surface area contributed by atoms with Crippen molar-refractivity contribution >= 4 is 67.0 Å². The SMILES string of the molecule is CSSC(C)(C)CCC(=O)OC(=O)CC/C(=N/O)OC(=O)CCC(C)(C)SSC. The highest BCUT2D eigenvalue weighted by Crippen LogP contribution is 2.37. The number of ether oxygens (including phenoxy) is 2. The van der Waals surface area contributed by atoms with Crippen LogP contribution in [0.1, 0.15) is 66.2 Å². The third kappa shape index (κ3) is 15.0. The van der Waals surface area contributed by atoms with Crippen LogP contribution in [0.2, 0.25) is 0 Å². The Bertz CT molecular complexity index is 581. The second-order valence-electron chi connectivity index (χ2n) is 7.33. The van der Waals surface area contributed by atoms with E-state index in [1.54, 1.807) is 43.2 Å². The van der Waals surface area contributed by atoms with E-state index in [4.69, 9.17) is 14.7 Å². The first kappa shape index (κ1) is 28.5. The van der Waals surface area contributed by atoms with Gasteiger partial charge in [-0.1, -0.05) is 48.3 Å². The Morgan fingerprint density at radius 3 is 1.59 bits per heavy atom. The molecule has 0 aliphatic carbocycles. The fourth-order valence-corrected chi connectivity index (χ4v) is 6.56. The zero-order valence-corrected chi connectivity index (χ0v) is 21.1. The predicted molar refractivity (Wildman–Crippen MR) is 124 cm³/mol. The van der Waals surface area contributed by atoms with Crippen molar-refractivity contribution in [1.82, 2.24) is 0 Å². The number of carbonyl (C=O) groups excluding carboxylic acids is 3. The summed E-state index contributed by atoms with van der Waals surface area (Å²) in [6, 6.07) is 0. The van der Waals surface area contributed by atoms with Gasteiger partial charge in [-0.3, -0.25) is 14.4 Å². The van der Waals surface area contributed by atoms with Gasteiger partial charge in [0.15, 0.2) is 0 Å². The van der Waals surface area contributed by atoms with Crippen molar-refractivity contribution in [3.05, 3.63) is 0 Å². The van der Waals surface area contributed by atoms with E-state index in [1.807, 2.05) is 40.2 Å². The van der Waals surface area contributed by atoms with E-state index >= 15 is 0 Å². The molecule has 0 aliphatic rings. The topological polar surface area (TPSA) is 102 Å². The lowest BCUT2D eigenvalue weighted by Crippen LogP contribution is -2.20. The zero-order valence-electron chi connectivity index (χ0n) is 17.8. The second kappa shape index (κ2) is 14.5. The van der Waals surface area contributed by atoms with E-state index in [0.717, 1.165) is 0 Å². The molecule has 0 atom stereocenters. The lowest BCUT2D eigenvalue weighted by atomic mass is 10.1. The summed E-state index contributed by atoms with van der Waals surface area (Å²) < 4.78 is 9.56. The van der Waals surface area contributed by atoms with E-state index in [1.165, 1.54) is 0 Å². The number of oxime groups is 1. The summed E-state index contributed by atoms with van der Waals surface area (Å²) in [5.41, 5.74) is 0. The first-order valence-electron chi connectivity index (χ1n) is 9.03. The molecular weight excluding hydrogens is 454 g/mol. The predicted octanol–water partition coefficient (Wildman–Crippen LogP) is 5.31. The van der Waals surface area contributed by atoms with E-state index in [2.05, 4.69) is 5.16 Å². The van der Waals surface area contributed by atoms with Gasteiger partial charge in [0.05, 0.1) is 6.42 Å². The molecule has 0 heterocycles. The van der Waals surface area contributed by atoms with E-state index < -0.39 is 17.9 Å². The molecule has 0 radical (unpaired) electrons. The van der Waals surface area contributed by atoms with Crippen molar-refractivity contribution in [2.45, 2.75) is 75.7 Å². The first-order valence-corrected chi connectivity index (χ1v) is 14.1. The van der Waals surface area contributed by atoms with Crippen LogP contribution in [0, 0.1) is 0 Å². The number of hydrogen-bond donors (Lipinski definition) is 1. The van der Waals surface area contributed by atoms with E-state index in [-0.39, 0.29) is 41.1 Å². The Morgan fingerprint density at radius 1 is 0.759 bits per heavy atom. The van der Waals surface area contributed by atoms with Gasteiger partial charge in [0.2, 0.25) is 5.90 Å². The van der Waals surface area contributed by atoms with Gasteiger partial charge >= 0.3 is 17.9 Å². The van der Waals surface area contributed by atoms with Crippen LogP contribution in [0.5, 0.6) is 0 Å². The number of rotatable bonds is 13. The van der Waals surface area contributed by atoms with Crippen molar-refractivity contribution < 1.29 is 29.1 Å². The van der Waals surface area contributed by atoms with Crippen molar-refractivity contribution in [3.8, 4) is 0 Å². The molecule has 0 spiro atoms. The molecule has 0 aromatic heterocycles. The average molecular weight is 486 g/mol. The summed E-state index contributed by atoms with van der Waals surface area (Å²) in [6.45, 7) is 8.08. The van der Waals surface area contributed by atoms with Crippen LogP contribution in [0.4, 0.5) is 0 Å². The molecule has 168 valence electrons. The van der Waals surface area contributed by atoms with Crippen molar-refractivity contribution in [2.24, 2.45) is 5.16 Å². The van der Waals surface area contributed by atoms with Crippen LogP contribution < -0.4 is 0 Å². The molecule has 0 aliphatic heterocycles. The van der Waals surface area contributed by atoms with Gasteiger partial charge in [0.1, 0.15) is 0 Å². The Kier molecular flexibility index (Phi) is 14.2. The van der Waals surface area contributed by atoms with Gasteiger partial charge in [0, 0.05) is 28.8 Å². The molecule has 0 saturated heterocycles. The van der Waals surface area contributed by atoms with Gasteiger partial charge < -0.3 is 14.7 Å². The smallest absolute Gasteiger partial charge is 0.313 e. The first-order chi connectivity index (χ1) is 13.4. The molecular formula is C18H31NO6S4. The average Bonchev–Trinajstić information content (AvgIpc) is 2.62. The number of esters is 3. The fraction of sp³-hybridized carbons (Fsp3) is 0.778. The van der Waals surface area contributed by atoms with Crippen LogP contribution in [-0.4, -0.2) is 51.0 Å². The minimum Gasteiger partial charge on any atom is -0.408 e. The molecule has 0 aromatic rings. The third-order valence-corrected chi connectivity index (χ3v) is 8.95. The molecule has 0 amide bonds. The molecule has 0 rings (SSSR count). The Balaban J connectivity index is 4.28. The highest BCUT2D eigenvalue weighted by Gasteiger charge is 2.23. The molecule has 0 fully saturated rings. The molecule has 1 N–H and O–H groups in total. The monoisotopic (exact) mass is 485 g/mol. The molecule has 0 bridgehead atoms. The van der Waals surface area contributed by atoms with Gasteiger partial charge in [-0.25, -0.2) is 0 Å². The van der Waals surface area contributed by atoms with Crippen molar-refractivity contribution in [1.29, 1.82) is 0 Å². The third-order valence-electron chi connectivity index (χ3n) is 3.59. The maximum absolute atomic E-state index is 11.9. The summed E-state index contributed by atoms with van der Waals surface area (Å²) in [4.78, 5) is 35.5. The standard InChI is InChI=1S/C18H31NO6S4/c1-17(2,28-26-5)11-9-15(21)24-13(19-23)7-8-14(20)25-16(22)10-12-18(3,4)29-27-6/h23H,7-12H2,1-6H3/b19-13-. The van der Waals surface area contributed by atoms with E-state index in [9.17, 15) is 14.4 Å². The zero-order chi connectivity index (χ0) is 22.5. The summed E-state index contributed by atoms with van der Waals surface area (Å²) in [5, 5.41) is 11.9. The molecule has 0 aromatic carbocycles. The fourth-order valence-electron chi connectivity index (χ4n) is 2.08. The van der Waals surface area contributed by atoms with Crippen LogP contribution >= 0.6 is 43.2 Å². The summed E-state index contributed by atoms with van der Waals surface area (Å²) in [7, 11) is 6.55. The van der Waals surface area contributed by atoms with Crippen LogP contribution in [0.25, 0.3) is 0 Å². The maximum Gasteiger partial charge on any atom is 0.313 e. The molecule has 11 heteroatoms. The van der Waals surface area contributed by atoms with Crippen molar-refractivity contribution in [2.75, 3.05) is 12.5 Å². The van der Waals surface area contributed by atoms with Gasteiger partial charge in [-0.05, 0) is 53.0 Å². The Labute approximate surface area is 189 Å². The van der Waals surface area contributed by atoms with Crippen molar-refractivity contribution in [3.63, 3.8) is 0 Å².